The van der Waals surface area contributed by atoms with Gasteiger partial charge in [-0.3, -0.25) is 20.4 Å². The Hall–Kier alpha value is -1.92. The van der Waals surface area contributed by atoms with Crippen molar-refractivity contribution in [3.8, 4) is 0 Å². The van der Waals surface area contributed by atoms with Crippen LogP contribution in [0.1, 0.15) is 97.8 Å². The molecule has 2 fully saturated rings. The van der Waals surface area contributed by atoms with E-state index in [1.807, 2.05) is 29.7 Å². The maximum Gasteiger partial charge on any atom is 0.216 e. The van der Waals surface area contributed by atoms with E-state index in [1.165, 1.54) is 16.7 Å². The van der Waals surface area contributed by atoms with Gasteiger partial charge in [-0.2, -0.15) is 0 Å². The van der Waals surface area contributed by atoms with E-state index < -0.39 is 25.1 Å². The van der Waals surface area contributed by atoms with E-state index in [0.717, 1.165) is 75.7 Å². The number of nitrogens with one attached hydrogen (secondary N) is 2. The number of aliphatic hydroxyl groups is 4. The van der Waals surface area contributed by atoms with E-state index in [-0.39, 0.29) is 49.0 Å². The first-order valence-electron chi connectivity index (χ1n) is 21.0. The summed E-state index contributed by atoms with van der Waals surface area (Å²) in [6.45, 7) is 13.5. The molecular formula is C41H72N6O8. The normalized spacial score (nSPS) is 29.6. The molecule has 314 valence electrons. The molecule has 0 spiro atoms. The van der Waals surface area contributed by atoms with Crippen LogP contribution in [-0.2, 0) is 18.9 Å². The molecule has 1 saturated carbocycles. The molecule has 0 aromatic rings. The molecular weight excluding hydrogens is 704 g/mol. The minimum Gasteiger partial charge on any atom is -0.491 e. The van der Waals surface area contributed by atoms with Crippen LogP contribution in [0.5, 0.6) is 0 Å². The fraction of sp³-hybridized carbons (Fsp3) is 0.805. The van der Waals surface area contributed by atoms with E-state index in [4.69, 9.17) is 30.4 Å². The van der Waals surface area contributed by atoms with Gasteiger partial charge in [-0.1, -0.05) is 24.6 Å². The Labute approximate surface area is 328 Å². The molecule has 3 aliphatic heterocycles. The average Bonchev–Trinajstić information content (AvgIpc) is 3.78. The molecule has 0 aromatic heterocycles. The van der Waals surface area contributed by atoms with Gasteiger partial charge in [0.05, 0.1) is 24.6 Å². The number of nitrogens with zero attached hydrogens (tertiary/aromatic N) is 2. The lowest BCUT2D eigenvalue weighted by Crippen LogP contribution is -2.56. The van der Waals surface area contributed by atoms with Crippen LogP contribution >= 0.6 is 0 Å². The Bertz CT molecular complexity index is 1300. The van der Waals surface area contributed by atoms with Crippen molar-refractivity contribution in [2.45, 2.75) is 159 Å². The van der Waals surface area contributed by atoms with Gasteiger partial charge >= 0.3 is 0 Å². The smallest absolute Gasteiger partial charge is 0.216 e. The highest BCUT2D eigenvalue weighted by Crippen LogP contribution is 2.37. The number of piperazine rings is 1. The van der Waals surface area contributed by atoms with Crippen LogP contribution in [0.4, 0.5) is 0 Å². The Morgan fingerprint density at radius 2 is 1.60 bits per heavy atom. The quantitative estimate of drug-likeness (QED) is 0.0509. The second-order valence-corrected chi connectivity index (χ2v) is 16.3. The van der Waals surface area contributed by atoms with Crippen molar-refractivity contribution in [3.05, 3.63) is 47.0 Å². The minimum absolute atomic E-state index is 0.0301. The third-order valence-corrected chi connectivity index (χ3v) is 12.2. The van der Waals surface area contributed by atoms with E-state index in [0.29, 0.717) is 52.1 Å². The lowest BCUT2D eigenvalue weighted by molar-refractivity contribution is -0.232. The third-order valence-electron chi connectivity index (χ3n) is 12.2. The predicted octanol–water partition coefficient (Wildman–Crippen LogP) is 2.24. The van der Waals surface area contributed by atoms with Crippen molar-refractivity contribution in [2.75, 3.05) is 45.9 Å². The van der Waals surface area contributed by atoms with Gasteiger partial charge in [-0.05, 0) is 88.7 Å². The average molecular weight is 777 g/mol. The van der Waals surface area contributed by atoms with E-state index >= 15 is 0 Å². The summed E-state index contributed by atoms with van der Waals surface area (Å²) >= 11 is 0. The van der Waals surface area contributed by atoms with Crippen LogP contribution < -0.4 is 22.1 Å². The first-order chi connectivity index (χ1) is 26.4. The maximum atomic E-state index is 11.2. The Morgan fingerprint density at radius 3 is 2.27 bits per heavy atom. The Kier molecular flexibility index (Phi) is 17.5. The predicted molar refractivity (Wildman–Crippen MR) is 212 cm³/mol. The lowest BCUT2D eigenvalue weighted by Gasteiger charge is -2.40. The molecule has 2 aliphatic carbocycles. The second kappa shape index (κ2) is 21.7. The van der Waals surface area contributed by atoms with Crippen molar-refractivity contribution in [1.29, 1.82) is 0 Å². The van der Waals surface area contributed by atoms with Crippen LogP contribution in [-0.4, -0.2) is 138 Å². The molecule has 0 amide bonds. The number of allylic oxidation sites excluding steroid dienone is 3. The Morgan fingerprint density at radius 1 is 0.927 bits per heavy atom. The summed E-state index contributed by atoms with van der Waals surface area (Å²) < 4.78 is 24.4. The van der Waals surface area contributed by atoms with E-state index in [2.05, 4.69) is 30.2 Å². The summed E-state index contributed by atoms with van der Waals surface area (Å²) in [7, 11) is 0. The summed E-state index contributed by atoms with van der Waals surface area (Å²) in [5.74, 6) is 2.02. The zero-order valence-corrected chi connectivity index (χ0v) is 33.6. The van der Waals surface area contributed by atoms with Gasteiger partial charge in [-0.15, -0.1) is 6.58 Å². The fourth-order valence-corrected chi connectivity index (χ4v) is 8.54. The van der Waals surface area contributed by atoms with Gasteiger partial charge in [-0.25, -0.2) is 0 Å². The molecule has 5 rings (SSSR count). The summed E-state index contributed by atoms with van der Waals surface area (Å²) in [5, 5.41) is 49.5. The summed E-state index contributed by atoms with van der Waals surface area (Å²) in [4.78, 5) is 3.98. The maximum absolute atomic E-state index is 11.2. The minimum atomic E-state index is -0.977. The molecule has 3 heterocycles. The van der Waals surface area contributed by atoms with Gasteiger partial charge in [0.25, 0.3) is 0 Å². The van der Waals surface area contributed by atoms with Crippen LogP contribution in [0.15, 0.2) is 47.0 Å². The first kappa shape index (κ1) is 44.2. The molecule has 5 aliphatic rings. The zero-order chi connectivity index (χ0) is 39.5. The van der Waals surface area contributed by atoms with Gasteiger partial charge in [0.15, 0.2) is 0 Å². The van der Waals surface area contributed by atoms with Crippen molar-refractivity contribution in [3.63, 3.8) is 0 Å². The van der Waals surface area contributed by atoms with Crippen molar-refractivity contribution < 1.29 is 39.4 Å². The standard InChI is InChI=1S/C41H72N6O8/c1-5-28(34(43)6-2)21-30-23-36(53-27(30)4)39(49)45-16-15-44-38(48)25-52-32-9-7-11-33(12-8-10-32)54-41(51)47-19-17-46(18-20-47)40(50)37-24-31-22-29(26(3)42)13-14-35(31)55-37/h5,22,26,28,32-34,36-41,44-45,48-51H,1,6-21,23-25,42-43H2,2-4H3. The van der Waals surface area contributed by atoms with Crippen LogP contribution in [0.2, 0.25) is 0 Å². The van der Waals surface area contributed by atoms with Crippen molar-refractivity contribution >= 4 is 0 Å². The highest BCUT2D eigenvalue weighted by atomic mass is 16.6. The van der Waals surface area contributed by atoms with Crippen LogP contribution in [0.3, 0.4) is 0 Å². The van der Waals surface area contributed by atoms with Crippen molar-refractivity contribution in [1.82, 2.24) is 20.4 Å². The highest BCUT2D eigenvalue weighted by Gasteiger charge is 2.37. The molecule has 0 radical (unpaired) electrons. The van der Waals surface area contributed by atoms with E-state index in [9.17, 15) is 20.4 Å². The Balaban J connectivity index is 0.902. The number of ether oxygens (including phenoxy) is 4. The molecule has 9 atom stereocenters. The highest BCUT2D eigenvalue weighted by molar-refractivity contribution is 5.36. The molecule has 10 N–H and O–H groups in total. The second-order valence-electron chi connectivity index (χ2n) is 16.3. The van der Waals surface area contributed by atoms with Crippen LogP contribution in [0, 0.1) is 5.92 Å². The topological polar surface area (TPSA) is 200 Å². The van der Waals surface area contributed by atoms with Gasteiger partial charge < -0.3 is 50.8 Å². The number of rotatable bonds is 20. The van der Waals surface area contributed by atoms with E-state index in [1.54, 1.807) is 0 Å². The molecule has 1 saturated heterocycles. The monoisotopic (exact) mass is 777 g/mol. The first-order valence-corrected chi connectivity index (χ1v) is 21.0. The number of hydrogen-bond donors (Lipinski definition) is 8. The summed E-state index contributed by atoms with van der Waals surface area (Å²) in [6, 6.07) is 0.0882. The number of hydrogen-bond acceptors (Lipinski definition) is 14. The van der Waals surface area contributed by atoms with Crippen LogP contribution in [0.25, 0.3) is 0 Å². The molecule has 0 bridgehead atoms. The lowest BCUT2D eigenvalue weighted by atomic mass is 9.89. The molecule has 14 nitrogen and oxygen atoms in total. The molecule has 9 unspecified atom stereocenters. The molecule has 0 aromatic carbocycles. The largest absolute Gasteiger partial charge is 0.491 e. The summed E-state index contributed by atoms with van der Waals surface area (Å²) in [5.41, 5.74) is 15.9. The number of aliphatic hydroxyl groups excluding tert-OH is 4. The van der Waals surface area contributed by atoms with Crippen molar-refractivity contribution in [2.24, 2.45) is 17.4 Å². The van der Waals surface area contributed by atoms with Gasteiger partial charge in [0.1, 0.15) is 36.7 Å². The SMILES string of the molecule is C=CC(CC1=C(C)OC(C(O)NCCNC(O)COC2CCCC(OC(O)N3CCN(C(O)C4CC5=C(CCC(C(C)N)=C5)O4)CC3)CCC2)C1)C(N)CC. The molecule has 14 heteroatoms. The third kappa shape index (κ3) is 12.8. The molecule has 55 heavy (non-hydrogen) atoms. The summed E-state index contributed by atoms with van der Waals surface area (Å²) in [6.07, 6.45) is 10.1. The van der Waals surface area contributed by atoms with Gasteiger partial charge in [0.2, 0.25) is 6.41 Å². The zero-order valence-electron chi connectivity index (χ0n) is 33.6. The van der Waals surface area contributed by atoms with Gasteiger partial charge in [0, 0.05) is 70.6 Å². The fourth-order valence-electron chi connectivity index (χ4n) is 8.54. The number of nitrogens with two attached hydrogens (primary N) is 2.